The van der Waals surface area contributed by atoms with Crippen molar-refractivity contribution < 1.29 is 4.39 Å². The first-order chi connectivity index (χ1) is 8.31. The van der Waals surface area contributed by atoms with Crippen molar-refractivity contribution in [1.82, 2.24) is 9.78 Å². The van der Waals surface area contributed by atoms with Crippen LogP contribution in [0.3, 0.4) is 0 Å². The summed E-state index contributed by atoms with van der Waals surface area (Å²) < 4.78 is 14.6. The van der Waals surface area contributed by atoms with E-state index in [1.54, 1.807) is 12.1 Å². The second-order valence-electron chi connectivity index (χ2n) is 4.01. The molecular weight excluding hydrogens is 215 g/mol. The van der Waals surface area contributed by atoms with Gasteiger partial charge in [0.05, 0.1) is 12.1 Å². The lowest BCUT2D eigenvalue weighted by atomic mass is 10.2. The predicted molar refractivity (Wildman–Crippen MR) is 65.2 cm³/mol. The lowest BCUT2D eigenvalue weighted by Crippen LogP contribution is -1.99. The van der Waals surface area contributed by atoms with Gasteiger partial charge in [-0.2, -0.15) is 5.10 Å². The topological polar surface area (TPSA) is 17.8 Å². The fourth-order valence-corrected chi connectivity index (χ4v) is 1.87. The highest BCUT2D eigenvalue weighted by Gasteiger charge is 2.00. The van der Waals surface area contributed by atoms with Crippen LogP contribution in [0.4, 0.5) is 4.39 Å². The normalized spacial score (nSPS) is 10.9. The molecule has 84 valence electrons. The van der Waals surface area contributed by atoms with E-state index in [1.165, 1.54) is 12.1 Å². The van der Waals surface area contributed by atoms with Gasteiger partial charge in [0.1, 0.15) is 5.82 Å². The summed E-state index contributed by atoms with van der Waals surface area (Å²) in [5.41, 5.74) is 2.02. The monoisotopic (exact) mass is 226 g/mol. The largest absolute Gasteiger partial charge is 0.267 e. The van der Waals surface area contributed by atoms with Crippen molar-refractivity contribution >= 4 is 10.9 Å². The number of hydrogen-bond acceptors (Lipinski definition) is 1. The molecule has 0 spiro atoms. The fraction of sp³-hybridized carbons (Fsp3) is 0.0714. The molecule has 0 bridgehead atoms. The third-order valence-electron chi connectivity index (χ3n) is 2.72. The third-order valence-corrected chi connectivity index (χ3v) is 2.72. The van der Waals surface area contributed by atoms with Crippen LogP contribution < -0.4 is 0 Å². The number of benzene rings is 2. The smallest absolute Gasteiger partial charge is 0.123 e. The maximum atomic E-state index is 12.8. The third kappa shape index (κ3) is 2.04. The van der Waals surface area contributed by atoms with Crippen molar-refractivity contribution in [2.75, 3.05) is 0 Å². The van der Waals surface area contributed by atoms with E-state index in [0.29, 0.717) is 6.54 Å². The van der Waals surface area contributed by atoms with E-state index in [0.717, 1.165) is 16.5 Å². The van der Waals surface area contributed by atoms with E-state index < -0.39 is 0 Å². The lowest BCUT2D eigenvalue weighted by Gasteiger charge is -2.00. The van der Waals surface area contributed by atoms with E-state index >= 15 is 0 Å². The summed E-state index contributed by atoms with van der Waals surface area (Å²) in [6, 6.07) is 14.5. The first-order valence-electron chi connectivity index (χ1n) is 5.48. The van der Waals surface area contributed by atoms with Gasteiger partial charge in [0.2, 0.25) is 0 Å². The van der Waals surface area contributed by atoms with Gasteiger partial charge in [0.15, 0.2) is 0 Å². The SMILES string of the molecule is Fc1ccc(Cn2cc3ccccc3n2)cc1. The Morgan fingerprint density at radius 3 is 2.53 bits per heavy atom. The molecule has 3 aromatic rings. The molecule has 0 saturated carbocycles. The van der Waals surface area contributed by atoms with Gasteiger partial charge in [-0.05, 0) is 23.8 Å². The molecule has 0 unspecified atom stereocenters. The minimum atomic E-state index is -0.209. The number of fused-ring (bicyclic) bond motifs is 1. The van der Waals surface area contributed by atoms with Crippen molar-refractivity contribution in [3.8, 4) is 0 Å². The zero-order valence-corrected chi connectivity index (χ0v) is 9.18. The van der Waals surface area contributed by atoms with Gasteiger partial charge in [-0.1, -0.05) is 30.3 Å². The van der Waals surface area contributed by atoms with Gasteiger partial charge in [-0.25, -0.2) is 4.39 Å². The molecule has 3 rings (SSSR count). The number of rotatable bonds is 2. The Morgan fingerprint density at radius 1 is 1.00 bits per heavy atom. The lowest BCUT2D eigenvalue weighted by molar-refractivity contribution is 0.624. The second-order valence-corrected chi connectivity index (χ2v) is 4.01. The van der Waals surface area contributed by atoms with E-state index in [4.69, 9.17) is 0 Å². The summed E-state index contributed by atoms with van der Waals surface area (Å²) in [5, 5.41) is 5.57. The van der Waals surface area contributed by atoms with Crippen molar-refractivity contribution in [2.24, 2.45) is 0 Å². The predicted octanol–water partition coefficient (Wildman–Crippen LogP) is 3.22. The highest BCUT2D eigenvalue weighted by Crippen LogP contribution is 2.12. The first-order valence-corrected chi connectivity index (χ1v) is 5.48. The molecule has 1 heterocycles. The molecule has 0 N–H and O–H groups in total. The van der Waals surface area contributed by atoms with Crippen LogP contribution in [0.5, 0.6) is 0 Å². The van der Waals surface area contributed by atoms with Crippen molar-refractivity contribution in [3.63, 3.8) is 0 Å². The molecule has 17 heavy (non-hydrogen) atoms. The van der Waals surface area contributed by atoms with Crippen LogP contribution in [0.25, 0.3) is 10.9 Å². The van der Waals surface area contributed by atoms with Gasteiger partial charge in [-0.15, -0.1) is 0 Å². The fourth-order valence-electron chi connectivity index (χ4n) is 1.87. The van der Waals surface area contributed by atoms with E-state index in [9.17, 15) is 4.39 Å². The van der Waals surface area contributed by atoms with Gasteiger partial charge >= 0.3 is 0 Å². The Hall–Kier alpha value is -2.16. The van der Waals surface area contributed by atoms with Crippen LogP contribution in [0.2, 0.25) is 0 Å². The average molecular weight is 226 g/mol. The Labute approximate surface area is 98.3 Å². The van der Waals surface area contributed by atoms with Crippen molar-refractivity contribution in [3.05, 3.63) is 66.1 Å². The second kappa shape index (κ2) is 4.01. The van der Waals surface area contributed by atoms with Gasteiger partial charge in [0.25, 0.3) is 0 Å². The zero-order chi connectivity index (χ0) is 11.7. The Morgan fingerprint density at radius 2 is 1.76 bits per heavy atom. The van der Waals surface area contributed by atoms with Crippen molar-refractivity contribution in [2.45, 2.75) is 6.54 Å². The summed E-state index contributed by atoms with van der Waals surface area (Å²) in [7, 11) is 0. The molecule has 0 aliphatic heterocycles. The molecule has 0 radical (unpaired) electrons. The molecule has 2 aromatic carbocycles. The average Bonchev–Trinajstić information content (AvgIpc) is 2.74. The van der Waals surface area contributed by atoms with Crippen LogP contribution in [0.15, 0.2) is 54.7 Å². The minimum Gasteiger partial charge on any atom is -0.267 e. The maximum Gasteiger partial charge on any atom is 0.123 e. The molecule has 2 nitrogen and oxygen atoms in total. The molecule has 0 atom stereocenters. The Kier molecular flexibility index (Phi) is 2.37. The summed E-state index contributed by atoms with van der Waals surface area (Å²) in [5.74, 6) is -0.209. The molecule has 1 aromatic heterocycles. The van der Waals surface area contributed by atoms with Crippen LogP contribution in [0, 0.1) is 5.82 Å². The molecule has 3 heteroatoms. The minimum absolute atomic E-state index is 0.209. The number of nitrogens with zero attached hydrogens (tertiary/aromatic N) is 2. The maximum absolute atomic E-state index is 12.8. The summed E-state index contributed by atoms with van der Waals surface area (Å²) in [6.45, 7) is 0.662. The number of hydrogen-bond donors (Lipinski definition) is 0. The zero-order valence-electron chi connectivity index (χ0n) is 9.18. The molecule has 0 aliphatic carbocycles. The number of halogens is 1. The highest BCUT2D eigenvalue weighted by atomic mass is 19.1. The summed E-state index contributed by atoms with van der Waals surface area (Å²) in [6.07, 6.45) is 2.00. The van der Waals surface area contributed by atoms with Crippen LogP contribution >= 0.6 is 0 Å². The molecule has 0 saturated heterocycles. The van der Waals surface area contributed by atoms with Gasteiger partial charge in [0, 0.05) is 11.6 Å². The van der Waals surface area contributed by atoms with Gasteiger partial charge < -0.3 is 0 Å². The van der Waals surface area contributed by atoms with Crippen LogP contribution in [-0.2, 0) is 6.54 Å². The van der Waals surface area contributed by atoms with Gasteiger partial charge in [-0.3, -0.25) is 4.68 Å². The molecule has 0 fully saturated rings. The Bertz CT molecular complexity index is 608. The van der Waals surface area contributed by atoms with Crippen molar-refractivity contribution in [1.29, 1.82) is 0 Å². The summed E-state index contributed by atoms with van der Waals surface area (Å²) >= 11 is 0. The molecule has 0 aliphatic rings. The van der Waals surface area contributed by atoms with E-state index in [-0.39, 0.29) is 5.82 Å². The van der Waals surface area contributed by atoms with E-state index in [2.05, 4.69) is 5.10 Å². The standard InChI is InChI=1S/C14H11FN2/c15-13-7-5-11(6-8-13)9-17-10-12-3-1-2-4-14(12)16-17/h1-8,10H,9H2. The van der Waals surface area contributed by atoms with Crippen LogP contribution in [-0.4, -0.2) is 9.78 Å². The quantitative estimate of drug-likeness (QED) is 0.656. The van der Waals surface area contributed by atoms with E-state index in [1.807, 2.05) is 35.1 Å². The van der Waals surface area contributed by atoms with Crippen LogP contribution in [0.1, 0.15) is 5.56 Å². The number of aromatic nitrogens is 2. The molecular formula is C14H11FN2. The first kappa shape index (κ1) is 10.0. The highest BCUT2D eigenvalue weighted by molar-refractivity contribution is 5.77. The Balaban J connectivity index is 1.92. The molecule has 0 amide bonds. The summed E-state index contributed by atoms with van der Waals surface area (Å²) in [4.78, 5) is 0.